The fourth-order valence-corrected chi connectivity index (χ4v) is 2.83. The molecule has 1 atom stereocenters. The lowest BCUT2D eigenvalue weighted by Gasteiger charge is -2.11. The van der Waals surface area contributed by atoms with Crippen LogP contribution >= 0.6 is 0 Å². The summed E-state index contributed by atoms with van der Waals surface area (Å²) in [6.07, 6.45) is 17.3. The number of rotatable bonds is 16. The van der Waals surface area contributed by atoms with Gasteiger partial charge in [-0.25, -0.2) is 4.79 Å². The van der Waals surface area contributed by atoms with Crippen molar-refractivity contribution in [3.63, 3.8) is 0 Å². The highest BCUT2D eigenvalue weighted by molar-refractivity contribution is 5.86. The zero-order valence-electron chi connectivity index (χ0n) is 16.0. The van der Waals surface area contributed by atoms with Gasteiger partial charge in [-0.05, 0) is 19.3 Å². The molecule has 0 aliphatic heterocycles. The van der Waals surface area contributed by atoms with Crippen LogP contribution in [0.3, 0.4) is 0 Å². The van der Waals surface area contributed by atoms with Crippen molar-refractivity contribution in [2.75, 3.05) is 6.61 Å². The van der Waals surface area contributed by atoms with Gasteiger partial charge in [0, 0.05) is 5.57 Å². The average molecular weight is 325 g/mol. The Morgan fingerprint density at radius 3 is 1.87 bits per heavy atom. The highest BCUT2D eigenvalue weighted by atomic mass is 16.5. The highest BCUT2D eigenvalue weighted by Gasteiger charge is 2.03. The van der Waals surface area contributed by atoms with Crippen molar-refractivity contribution < 1.29 is 9.53 Å². The van der Waals surface area contributed by atoms with Crippen LogP contribution < -0.4 is 0 Å². The Morgan fingerprint density at radius 2 is 1.35 bits per heavy atom. The standard InChI is InChI=1S/C21H40O2/c1-5-6-7-8-9-10-13-16-20(4)17-14-11-12-15-18-23-21(22)19(2)3/h20H,2,5-18H2,1,3-4H3. The lowest BCUT2D eigenvalue weighted by molar-refractivity contribution is -0.139. The van der Waals surface area contributed by atoms with E-state index in [1.54, 1.807) is 6.92 Å². The van der Waals surface area contributed by atoms with E-state index in [0.717, 1.165) is 18.8 Å². The van der Waals surface area contributed by atoms with E-state index in [4.69, 9.17) is 4.74 Å². The number of esters is 1. The molecule has 0 heterocycles. The van der Waals surface area contributed by atoms with Crippen LogP contribution in [0.4, 0.5) is 0 Å². The SMILES string of the molecule is C=C(C)C(=O)OCCCCCCC(C)CCCCCCCCC. The third kappa shape index (κ3) is 15.9. The van der Waals surface area contributed by atoms with Gasteiger partial charge in [-0.2, -0.15) is 0 Å². The first-order valence-corrected chi connectivity index (χ1v) is 9.90. The molecule has 0 N–H and O–H groups in total. The van der Waals surface area contributed by atoms with E-state index < -0.39 is 0 Å². The average Bonchev–Trinajstić information content (AvgIpc) is 2.52. The number of carbonyl (C=O) groups is 1. The summed E-state index contributed by atoms with van der Waals surface area (Å²) < 4.78 is 5.09. The minimum atomic E-state index is -0.256. The summed E-state index contributed by atoms with van der Waals surface area (Å²) in [5.41, 5.74) is 0.490. The normalized spacial score (nSPS) is 12.1. The predicted octanol–water partition coefficient (Wildman–Crippen LogP) is 6.83. The molecular formula is C21H40O2. The Balaban J connectivity index is 3.25. The maximum absolute atomic E-state index is 11.2. The van der Waals surface area contributed by atoms with E-state index in [1.165, 1.54) is 70.6 Å². The van der Waals surface area contributed by atoms with Crippen molar-refractivity contribution in [3.8, 4) is 0 Å². The third-order valence-corrected chi connectivity index (χ3v) is 4.47. The van der Waals surface area contributed by atoms with Crippen LogP contribution in [0.2, 0.25) is 0 Å². The minimum absolute atomic E-state index is 0.256. The number of unbranched alkanes of at least 4 members (excludes halogenated alkanes) is 9. The zero-order valence-corrected chi connectivity index (χ0v) is 16.0. The summed E-state index contributed by atoms with van der Waals surface area (Å²) in [6.45, 7) is 10.5. The molecule has 0 bridgehead atoms. The van der Waals surface area contributed by atoms with Gasteiger partial charge in [0.2, 0.25) is 0 Å². The fraction of sp³-hybridized carbons (Fsp3) is 0.857. The summed E-state index contributed by atoms with van der Waals surface area (Å²) in [4.78, 5) is 11.2. The zero-order chi connectivity index (χ0) is 17.3. The van der Waals surface area contributed by atoms with Crippen LogP contribution in [0.25, 0.3) is 0 Å². The first-order valence-electron chi connectivity index (χ1n) is 9.90. The van der Waals surface area contributed by atoms with Gasteiger partial charge in [0.25, 0.3) is 0 Å². The van der Waals surface area contributed by atoms with Crippen molar-refractivity contribution >= 4 is 5.97 Å². The number of hydrogen-bond donors (Lipinski definition) is 0. The maximum atomic E-state index is 11.2. The van der Waals surface area contributed by atoms with E-state index in [0.29, 0.717) is 12.2 Å². The van der Waals surface area contributed by atoms with Gasteiger partial charge in [0.1, 0.15) is 0 Å². The third-order valence-electron chi connectivity index (χ3n) is 4.47. The lowest BCUT2D eigenvalue weighted by atomic mass is 9.96. The predicted molar refractivity (Wildman–Crippen MR) is 101 cm³/mol. The van der Waals surface area contributed by atoms with Crippen LogP contribution in [0.1, 0.15) is 104 Å². The van der Waals surface area contributed by atoms with Gasteiger partial charge in [-0.3, -0.25) is 0 Å². The second-order valence-corrected chi connectivity index (χ2v) is 7.13. The van der Waals surface area contributed by atoms with E-state index in [-0.39, 0.29) is 5.97 Å². The first-order chi connectivity index (χ1) is 11.1. The van der Waals surface area contributed by atoms with Gasteiger partial charge < -0.3 is 4.74 Å². The van der Waals surface area contributed by atoms with Crippen molar-refractivity contribution in [2.24, 2.45) is 5.92 Å². The summed E-state index contributed by atoms with van der Waals surface area (Å²) in [5.74, 6) is 0.611. The fourth-order valence-electron chi connectivity index (χ4n) is 2.83. The molecule has 0 saturated carbocycles. The second kappa shape index (κ2) is 16.1. The number of ether oxygens (including phenoxy) is 1. The molecule has 0 fully saturated rings. The van der Waals surface area contributed by atoms with Gasteiger partial charge in [0.15, 0.2) is 0 Å². The van der Waals surface area contributed by atoms with Gasteiger partial charge in [-0.1, -0.05) is 97.5 Å². The lowest BCUT2D eigenvalue weighted by Crippen LogP contribution is -2.06. The summed E-state index contributed by atoms with van der Waals surface area (Å²) >= 11 is 0. The molecule has 0 aromatic rings. The molecule has 2 heteroatoms. The molecule has 0 aliphatic carbocycles. The van der Waals surface area contributed by atoms with E-state index in [9.17, 15) is 4.79 Å². The highest BCUT2D eigenvalue weighted by Crippen LogP contribution is 2.18. The van der Waals surface area contributed by atoms with Crippen molar-refractivity contribution in [1.82, 2.24) is 0 Å². The minimum Gasteiger partial charge on any atom is -0.462 e. The largest absolute Gasteiger partial charge is 0.462 e. The summed E-state index contributed by atoms with van der Waals surface area (Å²) in [5, 5.41) is 0. The molecule has 0 saturated heterocycles. The molecule has 1 unspecified atom stereocenters. The molecule has 0 aliphatic rings. The van der Waals surface area contributed by atoms with Gasteiger partial charge in [0.05, 0.1) is 6.61 Å². The van der Waals surface area contributed by atoms with Crippen LogP contribution in [0.5, 0.6) is 0 Å². The van der Waals surface area contributed by atoms with Crippen LogP contribution in [0.15, 0.2) is 12.2 Å². The molecule has 0 aromatic carbocycles. The van der Waals surface area contributed by atoms with E-state index in [2.05, 4.69) is 20.4 Å². The molecule has 0 spiro atoms. The Bertz CT molecular complexity index is 296. The molecule has 2 nitrogen and oxygen atoms in total. The van der Waals surface area contributed by atoms with Gasteiger partial charge >= 0.3 is 5.97 Å². The maximum Gasteiger partial charge on any atom is 0.333 e. The Hall–Kier alpha value is -0.790. The Morgan fingerprint density at radius 1 is 0.870 bits per heavy atom. The van der Waals surface area contributed by atoms with Crippen molar-refractivity contribution in [3.05, 3.63) is 12.2 Å². The van der Waals surface area contributed by atoms with Crippen LogP contribution in [-0.4, -0.2) is 12.6 Å². The Kier molecular flexibility index (Phi) is 15.5. The molecule has 136 valence electrons. The second-order valence-electron chi connectivity index (χ2n) is 7.13. The van der Waals surface area contributed by atoms with E-state index in [1.807, 2.05) is 0 Å². The molecule has 0 radical (unpaired) electrons. The first kappa shape index (κ1) is 22.2. The molecular weight excluding hydrogens is 284 g/mol. The summed E-state index contributed by atoms with van der Waals surface area (Å²) in [6, 6.07) is 0. The van der Waals surface area contributed by atoms with Crippen molar-refractivity contribution in [2.45, 2.75) is 104 Å². The molecule has 23 heavy (non-hydrogen) atoms. The van der Waals surface area contributed by atoms with Crippen molar-refractivity contribution in [1.29, 1.82) is 0 Å². The molecule has 0 rings (SSSR count). The molecule has 0 amide bonds. The monoisotopic (exact) mass is 324 g/mol. The number of carbonyl (C=O) groups excluding carboxylic acids is 1. The molecule has 0 aromatic heterocycles. The quantitative estimate of drug-likeness (QED) is 0.177. The smallest absolute Gasteiger partial charge is 0.333 e. The Labute approximate surface area is 145 Å². The van der Waals surface area contributed by atoms with Crippen LogP contribution in [-0.2, 0) is 9.53 Å². The summed E-state index contributed by atoms with van der Waals surface area (Å²) in [7, 11) is 0. The van der Waals surface area contributed by atoms with E-state index >= 15 is 0 Å². The topological polar surface area (TPSA) is 26.3 Å². The van der Waals surface area contributed by atoms with Gasteiger partial charge in [-0.15, -0.1) is 0 Å². The number of hydrogen-bond acceptors (Lipinski definition) is 2. The van der Waals surface area contributed by atoms with Crippen LogP contribution in [0, 0.1) is 5.92 Å².